The minimum absolute atomic E-state index is 0.491. The molecule has 2 aliphatic rings. The minimum Gasteiger partial charge on any atom is -0.380 e. The fraction of sp³-hybridized carbons (Fsp3) is 1.00. The lowest BCUT2D eigenvalue weighted by Crippen LogP contribution is -2.38. The summed E-state index contributed by atoms with van der Waals surface area (Å²) < 4.78 is 5.44. The van der Waals surface area contributed by atoms with Crippen LogP contribution < -0.4 is 5.32 Å². The van der Waals surface area contributed by atoms with Gasteiger partial charge in [-0.2, -0.15) is 0 Å². The van der Waals surface area contributed by atoms with Crippen molar-refractivity contribution >= 4 is 0 Å². The van der Waals surface area contributed by atoms with E-state index < -0.39 is 0 Å². The van der Waals surface area contributed by atoms with Crippen LogP contribution in [0.2, 0.25) is 0 Å². The van der Waals surface area contributed by atoms with Crippen molar-refractivity contribution in [2.45, 2.75) is 71.4 Å². The molecule has 3 atom stereocenters. The zero-order valence-corrected chi connectivity index (χ0v) is 11.8. The lowest BCUT2D eigenvalue weighted by molar-refractivity contribution is 0.186. The van der Waals surface area contributed by atoms with Crippen LogP contribution >= 0.6 is 0 Å². The van der Waals surface area contributed by atoms with E-state index in [9.17, 15) is 0 Å². The van der Waals surface area contributed by atoms with Crippen molar-refractivity contribution in [3.8, 4) is 0 Å². The normalized spacial score (nSPS) is 35.8. The molecule has 0 bridgehead atoms. The van der Waals surface area contributed by atoms with Gasteiger partial charge in [0.05, 0.1) is 6.61 Å². The Morgan fingerprint density at radius 1 is 0.941 bits per heavy atom. The van der Waals surface area contributed by atoms with Crippen molar-refractivity contribution in [3.63, 3.8) is 0 Å². The summed E-state index contributed by atoms with van der Waals surface area (Å²) in [4.78, 5) is 0. The zero-order chi connectivity index (χ0) is 12.3. The second kappa shape index (κ2) is 5.71. The monoisotopic (exact) mass is 239 g/mol. The van der Waals surface area contributed by atoms with Crippen LogP contribution in [0.25, 0.3) is 0 Å². The van der Waals surface area contributed by atoms with Crippen LogP contribution in [0.4, 0.5) is 0 Å². The van der Waals surface area contributed by atoms with Crippen molar-refractivity contribution in [3.05, 3.63) is 0 Å². The molecule has 2 rings (SSSR count). The molecule has 1 aliphatic carbocycles. The van der Waals surface area contributed by atoms with Gasteiger partial charge < -0.3 is 10.1 Å². The molecule has 1 saturated heterocycles. The van der Waals surface area contributed by atoms with Gasteiger partial charge in [0.1, 0.15) is 0 Å². The third kappa shape index (κ3) is 3.96. The molecule has 2 fully saturated rings. The Morgan fingerprint density at radius 3 is 2.41 bits per heavy atom. The molecule has 1 heterocycles. The van der Waals surface area contributed by atoms with Gasteiger partial charge in [-0.15, -0.1) is 0 Å². The highest BCUT2D eigenvalue weighted by atomic mass is 16.5. The van der Waals surface area contributed by atoms with Crippen molar-refractivity contribution < 1.29 is 4.74 Å². The highest BCUT2D eigenvalue weighted by Crippen LogP contribution is 2.36. The Bertz CT molecular complexity index is 228. The highest BCUT2D eigenvalue weighted by Gasteiger charge is 2.28. The van der Waals surface area contributed by atoms with Crippen LogP contribution in [0, 0.1) is 11.3 Å². The van der Waals surface area contributed by atoms with Gasteiger partial charge in [0, 0.05) is 18.7 Å². The maximum Gasteiger partial charge on any atom is 0.0620 e. The van der Waals surface area contributed by atoms with Gasteiger partial charge >= 0.3 is 0 Å². The van der Waals surface area contributed by atoms with Gasteiger partial charge in [-0.05, 0) is 43.4 Å². The third-order valence-electron chi connectivity index (χ3n) is 4.59. The maximum absolute atomic E-state index is 5.44. The molecule has 1 aliphatic heterocycles. The van der Waals surface area contributed by atoms with E-state index in [4.69, 9.17) is 4.74 Å². The Kier molecular flexibility index (Phi) is 4.48. The molecule has 100 valence electrons. The molecule has 0 amide bonds. The van der Waals surface area contributed by atoms with Crippen molar-refractivity contribution in [2.75, 3.05) is 13.2 Å². The summed E-state index contributed by atoms with van der Waals surface area (Å²) in [6, 6.07) is 1.38. The summed E-state index contributed by atoms with van der Waals surface area (Å²) in [6.07, 6.45) is 8.14. The van der Waals surface area contributed by atoms with Crippen LogP contribution in [0.1, 0.15) is 59.3 Å². The molecule has 2 nitrogen and oxygen atoms in total. The van der Waals surface area contributed by atoms with Gasteiger partial charge in [-0.25, -0.2) is 0 Å². The highest BCUT2D eigenvalue weighted by molar-refractivity contribution is 4.83. The topological polar surface area (TPSA) is 21.3 Å². The molecule has 0 aromatic rings. The van der Waals surface area contributed by atoms with Crippen LogP contribution in [-0.4, -0.2) is 25.3 Å². The van der Waals surface area contributed by atoms with Crippen LogP contribution in [0.5, 0.6) is 0 Å². The summed E-state index contributed by atoms with van der Waals surface area (Å²) in [5.74, 6) is 0.911. The first-order chi connectivity index (χ1) is 8.05. The second-order valence-corrected chi connectivity index (χ2v) is 7.00. The number of nitrogens with one attached hydrogen (secondary N) is 1. The number of hydrogen-bond donors (Lipinski definition) is 1. The van der Waals surface area contributed by atoms with Crippen LogP contribution in [0.15, 0.2) is 0 Å². The summed E-state index contributed by atoms with van der Waals surface area (Å²) in [6.45, 7) is 9.08. The quantitative estimate of drug-likeness (QED) is 0.746. The number of hydrogen-bond acceptors (Lipinski definition) is 2. The molecule has 1 saturated carbocycles. The zero-order valence-electron chi connectivity index (χ0n) is 11.8. The smallest absolute Gasteiger partial charge is 0.0620 e. The van der Waals surface area contributed by atoms with Crippen molar-refractivity contribution in [1.82, 2.24) is 5.32 Å². The van der Waals surface area contributed by atoms with E-state index in [0.717, 1.165) is 25.2 Å². The van der Waals surface area contributed by atoms with Crippen molar-refractivity contribution in [1.29, 1.82) is 0 Å². The lowest BCUT2D eigenvalue weighted by Gasteiger charge is -2.30. The Labute approximate surface area is 107 Å². The number of ether oxygens (including phenoxy) is 1. The van der Waals surface area contributed by atoms with Gasteiger partial charge in [0.15, 0.2) is 0 Å². The molecule has 2 heteroatoms. The first-order valence-corrected chi connectivity index (χ1v) is 7.39. The molecular formula is C15H29NO. The van der Waals surface area contributed by atoms with Gasteiger partial charge in [-0.3, -0.25) is 0 Å². The van der Waals surface area contributed by atoms with E-state index in [0.29, 0.717) is 11.5 Å². The second-order valence-electron chi connectivity index (χ2n) is 7.00. The molecule has 1 N–H and O–H groups in total. The van der Waals surface area contributed by atoms with E-state index >= 15 is 0 Å². The van der Waals surface area contributed by atoms with Gasteiger partial charge in [0.25, 0.3) is 0 Å². The third-order valence-corrected chi connectivity index (χ3v) is 4.59. The number of rotatable bonds is 2. The SMILES string of the molecule is CC(C)(C)C1CCCC(NC2CCOC2)CC1. The maximum atomic E-state index is 5.44. The van der Waals surface area contributed by atoms with E-state index in [-0.39, 0.29) is 0 Å². The molecule has 0 aromatic carbocycles. The van der Waals surface area contributed by atoms with E-state index in [1.165, 1.54) is 38.5 Å². The van der Waals surface area contributed by atoms with Gasteiger partial charge in [0.2, 0.25) is 0 Å². The summed E-state index contributed by atoms with van der Waals surface area (Å²) in [7, 11) is 0. The molecule has 3 unspecified atom stereocenters. The largest absolute Gasteiger partial charge is 0.380 e. The molecule has 17 heavy (non-hydrogen) atoms. The molecular weight excluding hydrogens is 210 g/mol. The Balaban J connectivity index is 1.79. The fourth-order valence-electron chi connectivity index (χ4n) is 3.33. The first kappa shape index (κ1) is 13.4. The molecule has 0 spiro atoms. The Hall–Kier alpha value is -0.0800. The standard InChI is InChI=1S/C15H29NO/c1-15(2,3)12-5-4-6-13(8-7-12)16-14-9-10-17-11-14/h12-14,16H,4-11H2,1-3H3. The summed E-state index contributed by atoms with van der Waals surface area (Å²) >= 11 is 0. The van der Waals surface area contributed by atoms with Gasteiger partial charge in [-0.1, -0.05) is 27.2 Å². The lowest BCUT2D eigenvalue weighted by atomic mass is 9.76. The summed E-state index contributed by atoms with van der Waals surface area (Å²) in [5, 5.41) is 3.80. The van der Waals surface area contributed by atoms with E-state index in [2.05, 4.69) is 26.1 Å². The van der Waals surface area contributed by atoms with Crippen LogP contribution in [-0.2, 0) is 4.74 Å². The fourth-order valence-corrected chi connectivity index (χ4v) is 3.33. The Morgan fingerprint density at radius 2 is 1.76 bits per heavy atom. The first-order valence-electron chi connectivity index (χ1n) is 7.39. The molecule has 0 radical (unpaired) electrons. The average Bonchev–Trinajstić information content (AvgIpc) is 2.61. The average molecular weight is 239 g/mol. The van der Waals surface area contributed by atoms with E-state index in [1.807, 2.05) is 0 Å². The minimum atomic E-state index is 0.491. The predicted octanol–water partition coefficient (Wildman–Crippen LogP) is 3.36. The van der Waals surface area contributed by atoms with E-state index in [1.54, 1.807) is 0 Å². The molecule has 0 aromatic heterocycles. The summed E-state index contributed by atoms with van der Waals surface area (Å²) in [5.41, 5.74) is 0.491. The van der Waals surface area contributed by atoms with Crippen molar-refractivity contribution in [2.24, 2.45) is 11.3 Å². The van der Waals surface area contributed by atoms with Crippen LogP contribution in [0.3, 0.4) is 0 Å². The predicted molar refractivity (Wildman–Crippen MR) is 72.2 cm³/mol.